The van der Waals surface area contributed by atoms with E-state index in [2.05, 4.69) is 15.5 Å². The zero-order valence-corrected chi connectivity index (χ0v) is 13.3. The van der Waals surface area contributed by atoms with Gasteiger partial charge in [-0.3, -0.25) is 9.59 Å². The predicted molar refractivity (Wildman–Crippen MR) is 82.2 cm³/mol. The van der Waals surface area contributed by atoms with Crippen molar-refractivity contribution in [3.63, 3.8) is 0 Å². The number of Topliss-reactive ketones (excluding diaryl/α,β-unsaturated/α-hetero) is 1. The lowest BCUT2D eigenvalue weighted by molar-refractivity contribution is -0.123. The molecule has 7 nitrogen and oxygen atoms in total. The molecular formula is C16H19N3O4. The third-order valence-electron chi connectivity index (χ3n) is 3.16. The molecule has 0 aliphatic heterocycles. The highest BCUT2D eigenvalue weighted by atomic mass is 16.5. The molecule has 0 saturated carbocycles. The van der Waals surface area contributed by atoms with Gasteiger partial charge in [-0.05, 0) is 38.1 Å². The van der Waals surface area contributed by atoms with E-state index in [1.54, 1.807) is 38.1 Å². The van der Waals surface area contributed by atoms with E-state index in [4.69, 9.17) is 9.26 Å². The van der Waals surface area contributed by atoms with Crippen molar-refractivity contribution in [1.82, 2.24) is 15.5 Å². The van der Waals surface area contributed by atoms with Crippen molar-refractivity contribution in [2.75, 3.05) is 6.61 Å². The number of ether oxygens (including phenoxy) is 1. The zero-order valence-electron chi connectivity index (χ0n) is 13.3. The fourth-order valence-electron chi connectivity index (χ4n) is 1.92. The number of ketones is 1. The molecule has 0 aliphatic carbocycles. The topological polar surface area (TPSA) is 94.3 Å². The third-order valence-corrected chi connectivity index (χ3v) is 3.16. The van der Waals surface area contributed by atoms with Crippen molar-refractivity contribution in [3.8, 4) is 5.75 Å². The molecule has 0 spiro atoms. The van der Waals surface area contributed by atoms with Gasteiger partial charge in [-0.25, -0.2) is 0 Å². The molecule has 0 aliphatic rings. The molecule has 1 aromatic carbocycles. The summed E-state index contributed by atoms with van der Waals surface area (Å²) in [7, 11) is 0. The second-order valence-corrected chi connectivity index (χ2v) is 5.06. The van der Waals surface area contributed by atoms with Gasteiger partial charge in [-0.1, -0.05) is 12.1 Å². The van der Waals surface area contributed by atoms with Gasteiger partial charge >= 0.3 is 0 Å². The van der Waals surface area contributed by atoms with Crippen LogP contribution in [0.25, 0.3) is 0 Å². The first-order valence-electron chi connectivity index (χ1n) is 7.35. The number of amides is 1. The van der Waals surface area contributed by atoms with Gasteiger partial charge in [-0.2, -0.15) is 4.98 Å². The van der Waals surface area contributed by atoms with Crippen LogP contribution in [0.5, 0.6) is 5.75 Å². The van der Waals surface area contributed by atoms with Crippen molar-refractivity contribution >= 4 is 11.7 Å². The van der Waals surface area contributed by atoms with Crippen molar-refractivity contribution in [2.45, 2.75) is 33.2 Å². The Morgan fingerprint density at radius 1 is 1.30 bits per heavy atom. The molecule has 0 fully saturated rings. The summed E-state index contributed by atoms with van der Waals surface area (Å²) < 4.78 is 10.4. The zero-order chi connectivity index (χ0) is 16.8. The fraction of sp³-hybridized carbons (Fsp3) is 0.375. The summed E-state index contributed by atoms with van der Waals surface area (Å²) >= 11 is 0. The number of aromatic nitrogens is 2. The molecule has 1 heterocycles. The quantitative estimate of drug-likeness (QED) is 0.787. The van der Waals surface area contributed by atoms with Crippen LogP contribution in [0.3, 0.4) is 0 Å². The van der Waals surface area contributed by atoms with Crippen molar-refractivity contribution < 1.29 is 18.8 Å². The van der Waals surface area contributed by atoms with Gasteiger partial charge in [0.2, 0.25) is 5.89 Å². The highest BCUT2D eigenvalue weighted by Crippen LogP contribution is 2.14. The van der Waals surface area contributed by atoms with Crippen molar-refractivity contribution in [1.29, 1.82) is 0 Å². The molecule has 1 aromatic heterocycles. The van der Waals surface area contributed by atoms with E-state index >= 15 is 0 Å². The SMILES string of the molecule is CCC(=O)c1ccc(OCC(=O)NC(C)c2nc(C)no2)cc1. The Labute approximate surface area is 134 Å². The van der Waals surface area contributed by atoms with E-state index in [0.717, 1.165) is 0 Å². The number of hydrogen-bond donors (Lipinski definition) is 1. The fourth-order valence-corrected chi connectivity index (χ4v) is 1.92. The summed E-state index contributed by atoms with van der Waals surface area (Å²) in [6.07, 6.45) is 0.454. The Kier molecular flexibility index (Phi) is 5.46. The summed E-state index contributed by atoms with van der Waals surface area (Å²) in [6.45, 7) is 5.12. The molecule has 0 saturated heterocycles. The average molecular weight is 317 g/mol. The molecule has 7 heteroatoms. The number of aryl methyl sites for hydroxylation is 1. The second kappa shape index (κ2) is 7.53. The summed E-state index contributed by atoms with van der Waals surface area (Å²) in [6, 6.07) is 6.31. The summed E-state index contributed by atoms with van der Waals surface area (Å²) in [4.78, 5) is 27.4. The minimum absolute atomic E-state index is 0.0676. The third kappa shape index (κ3) is 4.64. The van der Waals surface area contributed by atoms with E-state index in [1.165, 1.54) is 0 Å². The Balaban J connectivity index is 1.83. The molecule has 2 aromatic rings. The molecule has 1 unspecified atom stereocenters. The van der Waals surface area contributed by atoms with Crippen molar-refractivity contribution in [3.05, 3.63) is 41.5 Å². The van der Waals surface area contributed by atoms with E-state index in [1.807, 2.05) is 6.92 Å². The number of nitrogens with zero attached hydrogens (tertiary/aromatic N) is 2. The number of rotatable bonds is 7. The maximum atomic E-state index is 11.8. The molecule has 1 atom stereocenters. The van der Waals surface area contributed by atoms with Gasteiger partial charge in [0.25, 0.3) is 5.91 Å². The van der Waals surface area contributed by atoms with Crippen LogP contribution in [-0.4, -0.2) is 28.4 Å². The maximum Gasteiger partial charge on any atom is 0.258 e. The predicted octanol–water partition coefficient (Wildman–Crippen LogP) is 2.23. The first kappa shape index (κ1) is 16.7. The van der Waals surface area contributed by atoms with E-state index < -0.39 is 6.04 Å². The molecule has 23 heavy (non-hydrogen) atoms. The van der Waals surface area contributed by atoms with Gasteiger partial charge in [0.15, 0.2) is 18.2 Å². The molecule has 2 rings (SSSR count). The number of carbonyl (C=O) groups is 2. The Morgan fingerprint density at radius 3 is 2.57 bits per heavy atom. The van der Waals surface area contributed by atoms with Gasteiger partial charge < -0.3 is 14.6 Å². The first-order chi connectivity index (χ1) is 11.0. The van der Waals surface area contributed by atoms with Crippen LogP contribution in [-0.2, 0) is 4.79 Å². The van der Waals surface area contributed by atoms with Gasteiger partial charge in [0, 0.05) is 12.0 Å². The molecular weight excluding hydrogens is 298 g/mol. The van der Waals surface area contributed by atoms with E-state index in [0.29, 0.717) is 29.4 Å². The number of hydrogen-bond acceptors (Lipinski definition) is 6. The maximum absolute atomic E-state index is 11.8. The Morgan fingerprint density at radius 2 is 2.00 bits per heavy atom. The molecule has 1 amide bonds. The van der Waals surface area contributed by atoms with Crippen molar-refractivity contribution in [2.24, 2.45) is 0 Å². The number of carbonyl (C=O) groups excluding carboxylic acids is 2. The van der Waals surface area contributed by atoms with E-state index in [9.17, 15) is 9.59 Å². The standard InChI is InChI=1S/C16H19N3O4/c1-4-14(20)12-5-7-13(8-6-12)22-9-15(21)17-10(2)16-18-11(3)19-23-16/h5-8,10H,4,9H2,1-3H3,(H,17,21). The van der Waals surface area contributed by atoms with Crippen LogP contribution in [0.1, 0.15) is 48.4 Å². The highest BCUT2D eigenvalue weighted by molar-refractivity contribution is 5.95. The van der Waals surface area contributed by atoms with Gasteiger partial charge in [0.05, 0.1) is 0 Å². The normalized spacial score (nSPS) is 11.8. The largest absolute Gasteiger partial charge is 0.484 e. The minimum Gasteiger partial charge on any atom is -0.484 e. The monoisotopic (exact) mass is 317 g/mol. The van der Waals surface area contributed by atoms with Crippen LogP contribution in [0.4, 0.5) is 0 Å². The number of benzene rings is 1. The van der Waals surface area contributed by atoms with Crippen LogP contribution in [0.15, 0.2) is 28.8 Å². The van der Waals surface area contributed by atoms with Gasteiger partial charge in [-0.15, -0.1) is 0 Å². The molecule has 122 valence electrons. The van der Waals surface area contributed by atoms with Crippen LogP contribution in [0.2, 0.25) is 0 Å². The summed E-state index contributed by atoms with van der Waals surface area (Å²) in [5, 5.41) is 6.38. The summed E-state index contributed by atoms with van der Waals surface area (Å²) in [5.41, 5.74) is 0.629. The van der Waals surface area contributed by atoms with Crippen LogP contribution >= 0.6 is 0 Å². The highest BCUT2D eigenvalue weighted by Gasteiger charge is 2.15. The molecule has 0 bridgehead atoms. The molecule has 0 radical (unpaired) electrons. The van der Waals surface area contributed by atoms with Crippen LogP contribution < -0.4 is 10.1 Å². The lowest BCUT2D eigenvalue weighted by Crippen LogP contribution is -2.31. The Hall–Kier alpha value is -2.70. The minimum atomic E-state index is -0.392. The average Bonchev–Trinajstić information content (AvgIpc) is 2.99. The van der Waals surface area contributed by atoms with Gasteiger partial charge in [0.1, 0.15) is 11.8 Å². The second-order valence-electron chi connectivity index (χ2n) is 5.06. The summed E-state index contributed by atoms with van der Waals surface area (Å²) in [5.74, 6) is 1.14. The molecule has 1 N–H and O–H groups in total. The van der Waals surface area contributed by atoms with Crippen LogP contribution in [0, 0.1) is 6.92 Å². The first-order valence-corrected chi connectivity index (χ1v) is 7.35. The lowest BCUT2D eigenvalue weighted by atomic mass is 10.1. The smallest absolute Gasteiger partial charge is 0.258 e. The lowest BCUT2D eigenvalue weighted by Gasteiger charge is -2.11. The number of nitrogens with one attached hydrogen (secondary N) is 1. The van der Waals surface area contributed by atoms with E-state index in [-0.39, 0.29) is 18.3 Å². The Bertz CT molecular complexity index is 679.